The molecule has 0 saturated heterocycles. The SMILES string of the molecule is NCCn1nnnc1-c1cccc(C(F)(F)F)c1F. The third-order valence-electron chi connectivity index (χ3n) is 2.42. The van der Waals surface area contributed by atoms with Gasteiger partial charge in [0.25, 0.3) is 0 Å². The van der Waals surface area contributed by atoms with E-state index in [1.807, 2.05) is 0 Å². The van der Waals surface area contributed by atoms with Crippen molar-refractivity contribution in [2.75, 3.05) is 6.54 Å². The average Bonchev–Trinajstić information content (AvgIpc) is 2.76. The molecule has 1 aromatic carbocycles. The van der Waals surface area contributed by atoms with Crippen molar-refractivity contribution in [3.63, 3.8) is 0 Å². The molecule has 0 aliphatic carbocycles. The summed E-state index contributed by atoms with van der Waals surface area (Å²) >= 11 is 0. The summed E-state index contributed by atoms with van der Waals surface area (Å²) in [7, 11) is 0. The van der Waals surface area contributed by atoms with Crippen LogP contribution in [0.15, 0.2) is 18.2 Å². The van der Waals surface area contributed by atoms with Gasteiger partial charge in [-0.2, -0.15) is 13.2 Å². The van der Waals surface area contributed by atoms with E-state index in [1.54, 1.807) is 0 Å². The molecule has 0 spiro atoms. The quantitative estimate of drug-likeness (QED) is 0.861. The van der Waals surface area contributed by atoms with E-state index >= 15 is 0 Å². The number of aromatic nitrogens is 4. The van der Waals surface area contributed by atoms with Crippen molar-refractivity contribution in [1.82, 2.24) is 20.2 Å². The Balaban J connectivity index is 2.54. The first-order valence-electron chi connectivity index (χ1n) is 5.27. The highest BCUT2D eigenvalue weighted by Gasteiger charge is 2.35. The molecule has 0 unspecified atom stereocenters. The van der Waals surface area contributed by atoms with E-state index in [9.17, 15) is 17.6 Å². The van der Waals surface area contributed by atoms with Crippen LogP contribution < -0.4 is 5.73 Å². The van der Waals surface area contributed by atoms with Crippen LogP contribution in [0.25, 0.3) is 11.4 Å². The van der Waals surface area contributed by atoms with Crippen LogP contribution in [0.2, 0.25) is 0 Å². The molecular weight excluding hydrogens is 266 g/mol. The number of hydrogen-bond acceptors (Lipinski definition) is 4. The summed E-state index contributed by atoms with van der Waals surface area (Å²) in [6, 6.07) is 2.95. The Morgan fingerprint density at radius 1 is 1.26 bits per heavy atom. The molecule has 0 aliphatic heterocycles. The van der Waals surface area contributed by atoms with E-state index in [2.05, 4.69) is 15.5 Å². The zero-order valence-electron chi connectivity index (χ0n) is 9.52. The highest BCUT2D eigenvalue weighted by molar-refractivity contribution is 5.57. The van der Waals surface area contributed by atoms with Crippen molar-refractivity contribution in [2.24, 2.45) is 5.73 Å². The fraction of sp³-hybridized carbons (Fsp3) is 0.300. The second-order valence-corrected chi connectivity index (χ2v) is 3.68. The molecule has 0 saturated carbocycles. The van der Waals surface area contributed by atoms with Gasteiger partial charge in [-0.1, -0.05) is 6.07 Å². The summed E-state index contributed by atoms with van der Waals surface area (Å²) in [5, 5.41) is 10.4. The van der Waals surface area contributed by atoms with E-state index in [-0.39, 0.29) is 24.5 Å². The van der Waals surface area contributed by atoms with E-state index in [4.69, 9.17) is 5.73 Å². The average molecular weight is 275 g/mol. The zero-order valence-corrected chi connectivity index (χ0v) is 9.52. The largest absolute Gasteiger partial charge is 0.419 e. The lowest BCUT2D eigenvalue weighted by molar-refractivity contribution is -0.139. The standard InChI is InChI=1S/C10H9F4N5/c11-8-6(2-1-3-7(8)10(12,13)14)9-16-17-18-19(9)5-4-15/h1-3H,4-5,15H2. The number of nitrogens with two attached hydrogens (primary N) is 1. The van der Waals surface area contributed by atoms with Crippen LogP contribution in [0.1, 0.15) is 5.56 Å². The number of benzene rings is 1. The Morgan fingerprint density at radius 2 is 2.00 bits per heavy atom. The molecular formula is C10H9F4N5. The first-order valence-corrected chi connectivity index (χ1v) is 5.27. The fourth-order valence-electron chi connectivity index (χ4n) is 1.59. The highest BCUT2D eigenvalue weighted by Crippen LogP contribution is 2.34. The van der Waals surface area contributed by atoms with Crippen LogP contribution in [0.3, 0.4) is 0 Å². The van der Waals surface area contributed by atoms with Crippen molar-refractivity contribution >= 4 is 0 Å². The molecule has 102 valence electrons. The van der Waals surface area contributed by atoms with Gasteiger partial charge in [-0.05, 0) is 22.6 Å². The van der Waals surface area contributed by atoms with Crippen LogP contribution in [0.5, 0.6) is 0 Å². The van der Waals surface area contributed by atoms with Crippen LogP contribution in [0.4, 0.5) is 17.6 Å². The lowest BCUT2D eigenvalue weighted by Crippen LogP contribution is -2.14. The summed E-state index contributed by atoms with van der Waals surface area (Å²) in [6.07, 6.45) is -4.77. The Hall–Kier alpha value is -2.03. The normalized spacial score (nSPS) is 11.8. The fourth-order valence-corrected chi connectivity index (χ4v) is 1.59. The van der Waals surface area contributed by atoms with Gasteiger partial charge in [0, 0.05) is 6.54 Å². The Bertz CT molecular complexity index is 578. The summed E-state index contributed by atoms with van der Waals surface area (Å²) in [4.78, 5) is 0. The predicted octanol–water partition coefficient (Wildman–Crippen LogP) is 1.46. The minimum atomic E-state index is -4.77. The Morgan fingerprint density at radius 3 is 2.63 bits per heavy atom. The number of rotatable bonds is 3. The minimum absolute atomic E-state index is 0.0888. The number of nitrogens with zero attached hydrogens (tertiary/aromatic N) is 4. The first kappa shape index (κ1) is 13.4. The molecule has 5 nitrogen and oxygen atoms in total. The monoisotopic (exact) mass is 275 g/mol. The van der Waals surface area contributed by atoms with E-state index in [0.717, 1.165) is 10.7 Å². The smallest absolute Gasteiger partial charge is 0.329 e. The summed E-state index contributed by atoms with van der Waals surface area (Å²) in [5.41, 5.74) is 3.65. The van der Waals surface area contributed by atoms with Crippen molar-refractivity contribution in [2.45, 2.75) is 12.7 Å². The second-order valence-electron chi connectivity index (χ2n) is 3.68. The van der Waals surface area contributed by atoms with Gasteiger partial charge < -0.3 is 5.73 Å². The number of tetrazole rings is 1. The molecule has 0 radical (unpaired) electrons. The van der Waals surface area contributed by atoms with Gasteiger partial charge in [-0.25, -0.2) is 9.07 Å². The van der Waals surface area contributed by atoms with Gasteiger partial charge in [0.2, 0.25) is 0 Å². The maximum atomic E-state index is 13.9. The van der Waals surface area contributed by atoms with Crippen LogP contribution in [-0.2, 0) is 12.7 Å². The molecule has 2 N–H and O–H groups in total. The third-order valence-corrected chi connectivity index (χ3v) is 2.42. The van der Waals surface area contributed by atoms with E-state index in [1.165, 1.54) is 6.07 Å². The van der Waals surface area contributed by atoms with Crippen molar-refractivity contribution in [3.8, 4) is 11.4 Å². The Kier molecular flexibility index (Phi) is 3.47. The minimum Gasteiger partial charge on any atom is -0.329 e. The lowest BCUT2D eigenvalue weighted by atomic mass is 10.1. The summed E-state index contributed by atoms with van der Waals surface area (Å²) in [5.74, 6) is -1.49. The zero-order chi connectivity index (χ0) is 14.0. The molecule has 1 aromatic heterocycles. The molecule has 0 amide bonds. The van der Waals surface area contributed by atoms with Gasteiger partial charge in [0.1, 0.15) is 5.82 Å². The van der Waals surface area contributed by atoms with Gasteiger partial charge in [0.05, 0.1) is 17.7 Å². The third kappa shape index (κ3) is 2.55. The van der Waals surface area contributed by atoms with Crippen LogP contribution in [0, 0.1) is 5.82 Å². The molecule has 0 atom stereocenters. The molecule has 2 rings (SSSR count). The van der Waals surface area contributed by atoms with E-state index in [0.29, 0.717) is 6.07 Å². The maximum absolute atomic E-state index is 13.9. The summed E-state index contributed by atoms with van der Waals surface area (Å²) < 4.78 is 52.8. The van der Waals surface area contributed by atoms with Crippen LogP contribution in [-0.4, -0.2) is 26.8 Å². The molecule has 9 heteroatoms. The molecule has 19 heavy (non-hydrogen) atoms. The number of hydrogen-bond donors (Lipinski definition) is 1. The first-order chi connectivity index (χ1) is 8.95. The van der Waals surface area contributed by atoms with Crippen molar-refractivity contribution in [3.05, 3.63) is 29.6 Å². The van der Waals surface area contributed by atoms with Gasteiger partial charge in [0.15, 0.2) is 5.82 Å². The molecule has 0 fully saturated rings. The van der Waals surface area contributed by atoms with Gasteiger partial charge >= 0.3 is 6.18 Å². The molecule has 2 aromatic rings. The maximum Gasteiger partial charge on any atom is 0.419 e. The Labute approximate surface area is 105 Å². The topological polar surface area (TPSA) is 69.6 Å². The van der Waals surface area contributed by atoms with Crippen LogP contribution >= 0.6 is 0 Å². The van der Waals surface area contributed by atoms with Crippen molar-refractivity contribution < 1.29 is 17.6 Å². The number of halogens is 4. The second kappa shape index (κ2) is 4.92. The highest BCUT2D eigenvalue weighted by atomic mass is 19.4. The molecule has 0 aliphatic rings. The van der Waals surface area contributed by atoms with Gasteiger partial charge in [-0.3, -0.25) is 0 Å². The van der Waals surface area contributed by atoms with Crippen molar-refractivity contribution in [1.29, 1.82) is 0 Å². The summed E-state index contributed by atoms with van der Waals surface area (Å²) in [6.45, 7) is 0.358. The van der Waals surface area contributed by atoms with Gasteiger partial charge in [-0.15, -0.1) is 5.10 Å². The van der Waals surface area contributed by atoms with E-state index < -0.39 is 17.6 Å². The molecule has 0 bridgehead atoms. The molecule has 1 heterocycles. The predicted molar refractivity (Wildman–Crippen MR) is 57.3 cm³/mol. The number of alkyl halides is 3. The lowest BCUT2D eigenvalue weighted by Gasteiger charge is -2.10.